The Hall–Kier alpha value is -2.90. The van der Waals surface area contributed by atoms with Crippen LogP contribution in [0.3, 0.4) is 0 Å². The van der Waals surface area contributed by atoms with E-state index in [-0.39, 0.29) is 6.03 Å². The fourth-order valence-electron chi connectivity index (χ4n) is 2.84. The van der Waals surface area contributed by atoms with Gasteiger partial charge in [0.25, 0.3) is 0 Å². The number of hydrogen-bond acceptors (Lipinski definition) is 6. The zero-order valence-corrected chi connectivity index (χ0v) is 16.1. The molecule has 1 aliphatic rings. The van der Waals surface area contributed by atoms with Crippen LogP contribution in [-0.2, 0) is 0 Å². The highest BCUT2D eigenvalue weighted by Crippen LogP contribution is 2.17. The van der Waals surface area contributed by atoms with Gasteiger partial charge in [0, 0.05) is 44.1 Å². The van der Waals surface area contributed by atoms with Crippen molar-refractivity contribution in [1.29, 1.82) is 0 Å². The smallest absolute Gasteiger partial charge is 0.322 e. The van der Waals surface area contributed by atoms with Gasteiger partial charge in [-0.25, -0.2) is 19.7 Å². The number of piperazine rings is 1. The van der Waals surface area contributed by atoms with Crippen LogP contribution in [0.2, 0.25) is 0 Å². The van der Waals surface area contributed by atoms with E-state index in [1.54, 1.807) is 29.4 Å². The Bertz CT molecular complexity index is 757. The van der Waals surface area contributed by atoms with E-state index in [4.69, 9.17) is 4.74 Å². The van der Waals surface area contributed by atoms with E-state index >= 15 is 0 Å². The van der Waals surface area contributed by atoms with Gasteiger partial charge in [0.2, 0.25) is 11.8 Å². The summed E-state index contributed by atoms with van der Waals surface area (Å²) in [5.41, 5.74) is 1.68. The lowest BCUT2D eigenvalue weighted by Crippen LogP contribution is -2.50. The SMILES string of the molecule is CCOc1ccc(NC(=O)N2CCN(c3nccc(C(C)C)n3)CC2)cn1. The van der Waals surface area contributed by atoms with Crippen molar-refractivity contribution < 1.29 is 9.53 Å². The largest absolute Gasteiger partial charge is 0.478 e. The molecular formula is C19H26N6O2. The molecule has 1 aliphatic heterocycles. The molecular weight excluding hydrogens is 344 g/mol. The number of urea groups is 1. The predicted octanol–water partition coefficient (Wildman–Crippen LogP) is 2.75. The molecule has 1 saturated heterocycles. The van der Waals surface area contributed by atoms with Crippen LogP contribution in [0.25, 0.3) is 0 Å². The summed E-state index contributed by atoms with van der Waals surface area (Å²) in [6.45, 7) is 9.34. The van der Waals surface area contributed by atoms with Crippen LogP contribution >= 0.6 is 0 Å². The number of rotatable bonds is 5. The van der Waals surface area contributed by atoms with Crippen LogP contribution in [0.1, 0.15) is 32.4 Å². The lowest BCUT2D eigenvalue weighted by Gasteiger charge is -2.34. The first-order valence-electron chi connectivity index (χ1n) is 9.29. The van der Waals surface area contributed by atoms with Gasteiger partial charge in [0.05, 0.1) is 18.5 Å². The lowest BCUT2D eigenvalue weighted by molar-refractivity contribution is 0.208. The molecule has 8 nitrogen and oxygen atoms in total. The van der Waals surface area contributed by atoms with Gasteiger partial charge < -0.3 is 19.9 Å². The van der Waals surface area contributed by atoms with Crippen molar-refractivity contribution >= 4 is 17.7 Å². The minimum Gasteiger partial charge on any atom is -0.478 e. The molecule has 2 aromatic heterocycles. The van der Waals surface area contributed by atoms with E-state index in [1.165, 1.54) is 0 Å². The first-order chi connectivity index (χ1) is 13.1. The maximum absolute atomic E-state index is 12.5. The second-order valence-corrected chi connectivity index (χ2v) is 6.66. The van der Waals surface area contributed by atoms with Gasteiger partial charge in [0.1, 0.15) is 0 Å². The van der Waals surface area contributed by atoms with Crippen LogP contribution in [-0.4, -0.2) is 58.7 Å². The monoisotopic (exact) mass is 370 g/mol. The number of nitrogens with zero attached hydrogens (tertiary/aromatic N) is 5. The minimum atomic E-state index is -0.127. The summed E-state index contributed by atoms with van der Waals surface area (Å²) in [4.78, 5) is 29.6. The van der Waals surface area contributed by atoms with E-state index in [0.717, 1.165) is 11.6 Å². The highest BCUT2D eigenvalue weighted by atomic mass is 16.5. The third kappa shape index (κ3) is 4.84. The van der Waals surface area contributed by atoms with Gasteiger partial charge in [-0.1, -0.05) is 13.8 Å². The van der Waals surface area contributed by atoms with E-state index < -0.39 is 0 Å². The molecule has 0 aliphatic carbocycles. The van der Waals surface area contributed by atoms with Crippen LogP contribution in [0.5, 0.6) is 5.88 Å². The quantitative estimate of drug-likeness (QED) is 0.871. The molecule has 1 fully saturated rings. The number of hydrogen-bond donors (Lipinski definition) is 1. The summed E-state index contributed by atoms with van der Waals surface area (Å²) in [5.74, 6) is 1.64. The molecule has 144 valence electrons. The average molecular weight is 370 g/mol. The van der Waals surface area contributed by atoms with E-state index in [1.807, 2.05) is 13.0 Å². The van der Waals surface area contributed by atoms with Crippen LogP contribution in [0.15, 0.2) is 30.6 Å². The van der Waals surface area contributed by atoms with Crippen LogP contribution < -0.4 is 15.0 Å². The van der Waals surface area contributed by atoms with Crippen LogP contribution in [0, 0.1) is 0 Å². The van der Waals surface area contributed by atoms with Gasteiger partial charge in [-0.2, -0.15) is 0 Å². The summed E-state index contributed by atoms with van der Waals surface area (Å²) < 4.78 is 5.31. The Morgan fingerprint density at radius 2 is 1.96 bits per heavy atom. The van der Waals surface area contributed by atoms with Gasteiger partial charge >= 0.3 is 6.03 Å². The molecule has 0 saturated carbocycles. The summed E-state index contributed by atoms with van der Waals surface area (Å²) in [6, 6.07) is 5.36. The summed E-state index contributed by atoms with van der Waals surface area (Å²) in [6.07, 6.45) is 3.40. The third-order valence-corrected chi connectivity index (χ3v) is 4.39. The Labute approximate surface area is 159 Å². The summed E-state index contributed by atoms with van der Waals surface area (Å²) in [7, 11) is 0. The molecule has 27 heavy (non-hydrogen) atoms. The molecule has 3 rings (SSSR count). The molecule has 0 bridgehead atoms. The molecule has 0 radical (unpaired) electrons. The molecule has 0 atom stereocenters. The van der Waals surface area contributed by atoms with Crippen molar-refractivity contribution in [3.05, 3.63) is 36.3 Å². The Morgan fingerprint density at radius 3 is 2.59 bits per heavy atom. The van der Waals surface area contributed by atoms with E-state index in [9.17, 15) is 4.79 Å². The second kappa shape index (κ2) is 8.66. The zero-order chi connectivity index (χ0) is 19.2. The highest BCUT2D eigenvalue weighted by Gasteiger charge is 2.23. The fourth-order valence-corrected chi connectivity index (χ4v) is 2.84. The standard InChI is InChI=1S/C19H26N6O2/c1-4-27-17-6-5-15(13-21-17)22-19(26)25-11-9-24(10-12-25)18-20-8-7-16(23-18)14(2)3/h5-8,13-14H,4,9-12H2,1-3H3,(H,22,26). The summed E-state index contributed by atoms with van der Waals surface area (Å²) >= 11 is 0. The predicted molar refractivity (Wildman–Crippen MR) is 104 cm³/mol. The van der Waals surface area contributed by atoms with Crippen molar-refractivity contribution in [2.24, 2.45) is 0 Å². The Balaban J connectivity index is 1.54. The number of anilines is 2. The Morgan fingerprint density at radius 1 is 1.19 bits per heavy atom. The van der Waals surface area contributed by atoms with Crippen molar-refractivity contribution in [3.8, 4) is 5.88 Å². The topological polar surface area (TPSA) is 83.5 Å². The molecule has 3 heterocycles. The number of ether oxygens (including phenoxy) is 1. The number of carbonyl (C=O) groups excluding carboxylic acids is 1. The van der Waals surface area contributed by atoms with Gasteiger partial charge in [0.15, 0.2) is 0 Å². The minimum absolute atomic E-state index is 0.127. The lowest BCUT2D eigenvalue weighted by atomic mass is 10.1. The number of pyridine rings is 1. The van der Waals surface area contributed by atoms with Gasteiger partial charge in [-0.15, -0.1) is 0 Å². The summed E-state index contributed by atoms with van der Waals surface area (Å²) in [5, 5.41) is 2.88. The van der Waals surface area contributed by atoms with Crippen molar-refractivity contribution in [2.45, 2.75) is 26.7 Å². The van der Waals surface area contributed by atoms with Gasteiger partial charge in [-0.05, 0) is 25.0 Å². The molecule has 0 spiro atoms. The maximum atomic E-state index is 12.5. The van der Waals surface area contributed by atoms with Crippen molar-refractivity contribution in [2.75, 3.05) is 43.0 Å². The second-order valence-electron chi connectivity index (χ2n) is 6.66. The number of aromatic nitrogens is 3. The molecule has 2 amide bonds. The van der Waals surface area contributed by atoms with E-state index in [0.29, 0.717) is 50.3 Å². The zero-order valence-electron chi connectivity index (χ0n) is 16.1. The molecule has 0 unspecified atom stereocenters. The number of amides is 2. The number of carbonyl (C=O) groups is 1. The fraction of sp³-hybridized carbons (Fsp3) is 0.474. The third-order valence-electron chi connectivity index (χ3n) is 4.39. The molecule has 2 aromatic rings. The Kier molecular flexibility index (Phi) is 6.05. The molecule has 1 N–H and O–H groups in total. The van der Waals surface area contributed by atoms with Crippen LogP contribution in [0.4, 0.5) is 16.4 Å². The van der Waals surface area contributed by atoms with Crippen molar-refractivity contribution in [1.82, 2.24) is 19.9 Å². The van der Waals surface area contributed by atoms with E-state index in [2.05, 4.69) is 39.0 Å². The highest BCUT2D eigenvalue weighted by molar-refractivity contribution is 5.89. The molecule has 8 heteroatoms. The molecule has 0 aromatic carbocycles. The maximum Gasteiger partial charge on any atom is 0.322 e. The normalized spacial score (nSPS) is 14.4. The van der Waals surface area contributed by atoms with Gasteiger partial charge in [-0.3, -0.25) is 0 Å². The number of nitrogens with one attached hydrogen (secondary N) is 1. The average Bonchev–Trinajstić information content (AvgIpc) is 2.70. The first kappa shape index (κ1) is 18.9. The van der Waals surface area contributed by atoms with Crippen molar-refractivity contribution in [3.63, 3.8) is 0 Å². The first-order valence-corrected chi connectivity index (χ1v) is 9.29.